The van der Waals surface area contributed by atoms with Crippen LogP contribution in [0.3, 0.4) is 0 Å². The normalized spacial score (nSPS) is 21.3. The van der Waals surface area contributed by atoms with Crippen LogP contribution in [0, 0.1) is 6.92 Å². The number of nitrogens with zero attached hydrogens (tertiary/aromatic N) is 1. The van der Waals surface area contributed by atoms with Gasteiger partial charge >= 0.3 is 5.63 Å². The summed E-state index contributed by atoms with van der Waals surface area (Å²) in [6.07, 6.45) is 0.388. The molecule has 2 aromatic rings. The van der Waals surface area contributed by atoms with Gasteiger partial charge in [0, 0.05) is 24.6 Å². The summed E-state index contributed by atoms with van der Waals surface area (Å²) in [5.74, 6) is -0.152. The number of halogens is 1. The van der Waals surface area contributed by atoms with Crippen molar-refractivity contribution >= 4 is 38.3 Å². The lowest BCUT2D eigenvalue weighted by Gasteiger charge is -2.34. The fourth-order valence-electron chi connectivity index (χ4n) is 3.23. The second-order valence-electron chi connectivity index (χ2n) is 7.11. The third-order valence-corrected chi connectivity index (χ3v) is 7.20. The Balaban J connectivity index is 1.77. The molecule has 2 heterocycles. The van der Waals surface area contributed by atoms with Crippen molar-refractivity contribution in [2.45, 2.75) is 25.8 Å². The maximum Gasteiger partial charge on any atom is 0.336 e. The number of hydrogen-bond donors (Lipinski definition) is 0. The standard InChI is InChI=1S/C18H20ClNO6S/c1-11-6-17(22)26-14-8-15(13(19)7-12(11)14)25-9-16(21)20(3)18(2)4-5-27(23,24)10-18/h6-8H,4-5,9-10H2,1-3H3. The van der Waals surface area contributed by atoms with E-state index < -0.39 is 21.0 Å². The van der Waals surface area contributed by atoms with Gasteiger partial charge in [-0.15, -0.1) is 0 Å². The van der Waals surface area contributed by atoms with Gasteiger partial charge in [-0.2, -0.15) is 0 Å². The maximum absolute atomic E-state index is 12.5. The minimum atomic E-state index is -3.14. The van der Waals surface area contributed by atoms with Crippen LogP contribution >= 0.6 is 11.6 Å². The summed E-state index contributed by atoms with van der Waals surface area (Å²) in [4.78, 5) is 25.4. The van der Waals surface area contributed by atoms with Crippen LogP contribution in [0.15, 0.2) is 27.4 Å². The van der Waals surface area contributed by atoms with Crippen LogP contribution in [-0.2, 0) is 14.6 Å². The van der Waals surface area contributed by atoms with Crippen LogP contribution in [0.25, 0.3) is 11.0 Å². The zero-order chi connectivity index (χ0) is 20.0. The van der Waals surface area contributed by atoms with Gasteiger partial charge in [0.05, 0.1) is 22.1 Å². The average molecular weight is 414 g/mol. The molecule has 27 heavy (non-hydrogen) atoms. The molecule has 1 saturated heterocycles. The van der Waals surface area contributed by atoms with Gasteiger partial charge in [-0.1, -0.05) is 11.6 Å². The molecule has 0 saturated carbocycles. The Hall–Kier alpha value is -2.06. The third-order valence-electron chi connectivity index (χ3n) is 5.02. The fraction of sp³-hybridized carbons (Fsp3) is 0.444. The van der Waals surface area contributed by atoms with Gasteiger partial charge < -0.3 is 14.1 Å². The van der Waals surface area contributed by atoms with E-state index in [-0.39, 0.29) is 34.8 Å². The molecule has 1 aromatic heterocycles. The highest BCUT2D eigenvalue weighted by atomic mass is 35.5. The predicted octanol–water partition coefficient (Wildman–Crippen LogP) is 2.17. The summed E-state index contributed by atoms with van der Waals surface area (Å²) < 4.78 is 34.2. The van der Waals surface area contributed by atoms with Crippen LogP contribution in [0.5, 0.6) is 5.75 Å². The first kappa shape index (κ1) is 19.7. The first-order valence-electron chi connectivity index (χ1n) is 8.35. The zero-order valence-corrected chi connectivity index (χ0v) is 16.8. The van der Waals surface area contributed by atoms with Crippen molar-refractivity contribution in [3.63, 3.8) is 0 Å². The van der Waals surface area contributed by atoms with Crippen LogP contribution in [0.2, 0.25) is 5.02 Å². The van der Waals surface area contributed by atoms with Crippen molar-refractivity contribution in [3.8, 4) is 5.75 Å². The number of sulfone groups is 1. The number of benzene rings is 1. The van der Waals surface area contributed by atoms with Crippen molar-refractivity contribution in [2.75, 3.05) is 25.2 Å². The minimum absolute atomic E-state index is 0.0661. The number of carbonyl (C=O) groups excluding carboxylic acids is 1. The summed E-state index contributed by atoms with van der Waals surface area (Å²) in [6.45, 7) is 3.20. The Morgan fingerprint density at radius 3 is 2.70 bits per heavy atom. The highest BCUT2D eigenvalue weighted by molar-refractivity contribution is 7.91. The molecule has 1 fully saturated rings. The number of rotatable bonds is 4. The molecule has 0 radical (unpaired) electrons. The molecule has 0 spiro atoms. The highest BCUT2D eigenvalue weighted by Crippen LogP contribution is 2.32. The lowest BCUT2D eigenvalue weighted by molar-refractivity contribution is -0.136. The Labute approximate surface area is 161 Å². The number of carbonyl (C=O) groups is 1. The molecule has 0 aliphatic carbocycles. The van der Waals surface area contributed by atoms with Crippen LogP contribution in [0.4, 0.5) is 0 Å². The van der Waals surface area contributed by atoms with Gasteiger partial charge in [-0.3, -0.25) is 4.79 Å². The van der Waals surface area contributed by atoms with Crippen LogP contribution in [-0.4, -0.2) is 49.9 Å². The fourth-order valence-corrected chi connectivity index (χ4v) is 5.62. The zero-order valence-electron chi connectivity index (χ0n) is 15.2. The van der Waals surface area contributed by atoms with Gasteiger partial charge in [0.15, 0.2) is 16.4 Å². The Kier molecular flexibility index (Phi) is 4.98. The highest BCUT2D eigenvalue weighted by Gasteiger charge is 2.43. The SMILES string of the molecule is Cc1cc(=O)oc2cc(OCC(=O)N(C)C3(C)CCS(=O)(=O)C3)c(Cl)cc12. The lowest BCUT2D eigenvalue weighted by atomic mass is 10.00. The number of hydrogen-bond acceptors (Lipinski definition) is 6. The molecular weight excluding hydrogens is 394 g/mol. The van der Waals surface area contributed by atoms with E-state index in [9.17, 15) is 18.0 Å². The average Bonchev–Trinajstić information content (AvgIpc) is 2.87. The van der Waals surface area contributed by atoms with Crippen LogP contribution in [0.1, 0.15) is 18.9 Å². The van der Waals surface area contributed by atoms with Gasteiger partial charge in [0.25, 0.3) is 5.91 Å². The van der Waals surface area contributed by atoms with E-state index in [0.717, 1.165) is 5.56 Å². The van der Waals surface area contributed by atoms with E-state index in [1.165, 1.54) is 17.0 Å². The number of aryl methyl sites for hydroxylation is 1. The van der Waals surface area contributed by atoms with Gasteiger partial charge in [0.1, 0.15) is 11.3 Å². The van der Waals surface area contributed by atoms with E-state index >= 15 is 0 Å². The second-order valence-corrected chi connectivity index (χ2v) is 9.70. The van der Waals surface area contributed by atoms with Gasteiger partial charge in [0.2, 0.25) is 0 Å². The maximum atomic E-state index is 12.5. The first-order valence-corrected chi connectivity index (χ1v) is 10.5. The van der Waals surface area contributed by atoms with E-state index in [2.05, 4.69) is 0 Å². The quantitative estimate of drug-likeness (QED) is 0.713. The van der Waals surface area contributed by atoms with Crippen molar-refractivity contribution in [1.82, 2.24) is 4.90 Å². The van der Waals surface area contributed by atoms with E-state index in [1.807, 2.05) is 0 Å². The second kappa shape index (κ2) is 6.83. The first-order chi connectivity index (χ1) is 12.5. The third kappa shape index (κ3) is 3.96. The Morgan fingerprint density at radius 2 is 2.07 bits per heavy atom. The minimum Gasteiger partial charge on any atom is -0.482 e. The number of ether oxygens (including phenoxy) is 1. The summed E-state index contributed by atoms with van der Waals surface area (Å²) in [6, 6.07) is 4.46. The lowest BCUT2D eigenvalue weighted by Crippen LogP contribution is -2.49. The smallest absolute Gasteiger partial charge is 0.336 e. The number of fused-ring (bicyclic) bond motifs is 1. The molecule has 1 unspecified atom stereocenters. The number of amides is 1. The molecule has 9 heteroatoms. The molecule has 1 aliphatic heterocycles. The molecule has 0 bridgehead atoms. The number of likely N-dealkylation sites (N-methyl/N-ethyl adjacent to an activating group) is 1. The molecule has 3 rings (SSSR count). The van der Waals surface area contributed by atoms with E-state index in [0.29, 0.717) is 17.4 Å². The predicted molar refractivity (Wildman–Crippen MR) is 102 cm³/mol. The largest absolute Gasteiger partial charge is 0.482 e. The van der Waals surface area contributed by atoms with Crippen molar-refractivity contribution in [3.05, 3.63) is 39.2 Å². The molecule has 1 aliphatic rings. The molecule has 0 N–H and O–H groups in total. The molecular formula is C18H20ClNO6S. The van der Waals surface area contributed by atoms with Crippen molar-refractivity contribution < 1.29 is 22.4 Å². The Bertz CT molecular complexity index is 1080. The van der Waals surface area contributed by atoms with Gasteiger partial charge in [-0.05, 0) is 31.9 Å². The molecule has 7 nitrogen and oxygen atoms in total. The summed E-state index contributed by atoms with van der Waals surface area (Å²) in [5.41, 5.74) is -0.203. The van der Waals surface area contributed by atoms with Gasteiger partial charge in [-0.25, -0.2) is 13.2 Å². The van der Waals surface area contributed by atoms with Crippen molar-refractivity contribution in [1.29, 1.82) is 0 Å². The van der Waals surface area contributed by atoms with Crippen molar-refractivity contribution in [2.24, 2.45) is 0 Å². The van der Waals surface area contributed by atoms with Crippen LogP contribution < -0.4 is 10.4 Å². The summed E-state index contributed by atoms with van der Waals surface area (Å²) >= 11 is 6.22. The molecule has 1 amide bonds. The molecule has 1 atom stereocenters. The van der Waals surface area contributed by atoms with E-state index in [1.54, 1.807) is 27.0 Å². The Morgan fingerprint density at radius 1 is 1.37 bits per heavy atom. The molecule has 146 valence electrons. The van der Waals surface area contributed by atoms with E-state index in [4.69, 9.17) is 20.8 Å². The molecule has 1 aromatic carbocycles. The summed E-state index contributed by atoms with van der Waals surface area (Å²) in [5, 5.41) is 0.962. The monoisotopic (exact) mass is 413 g/mol. The topological polar surface area (TPSA) is 93.9 Å². The summed E-state index contributed by atoms with van der Waals surface area (Å²) in [7, 11) is -1.57.